The summed E-state index contributed by atoms with van der Waals surface area (Å²) in [6, 6.07) is 15.4. The Balaban J connectivity index is 2.09. The van der Waals surface area contributed by atoms with Crippen molar-refractivity contribution in [3.05, 3.63) is 65.7 Å². The van der Waals surface area contributed by atoms with E-state index in [0.717, 1.165) is 17.7 Å². The highest BCUT2D eigenvalue weighted by Crippen LogP contribution is 2.27. The Morgan fingerprint density at radius 1 is 1.08 bits per heavy atom. The second-order valence-corrected chi connectivity index (χ2v) is 6.18. The Kier molecular flexibility index (Phi) is 7.24. The van der Waals surface area contributed by atoms with Gasteiger partial charge in [-0.25, -0.2) is 0 Å². The van der Waals surface area contributed by atoms with Crippen LogP contribution in [0.4, 0.5) is 0 Å². The largest absolute Gasteiger partial charge is 0.493 e. The Labute approximate surface area is 155 Å². The lowest BCUT2D eigenvalue weighted by molar-refractivity contribution is -0.117. The van der Waals surface area contributed by atoms with E-state index in [1.54, 1.807) is 20.3 Å². The first-order valence-electron chi connectivity index (χ1n) is 8.43. The van der Waals surface area contributed by atoms with Gasteiger partial charge in [-0.1, -0.05) is 36.4 Å². The summed E-state index contributed by atoms with van der Waals surface area (Å²) in [5, 5.41) is 3.06. The topological polar surface area (TPSA) is 50.8 Å². The molecule has 0 saturated heterocycles. The SMILES string of the molecule is COc1ccc(/C=C/C(=O)N[C@@H](CN(C)C)c2ccccc2)cc1OC. The summed E-state index contributed by atoms with van der Waals surface area (Å²) >= 11 is 0. The number of amides is 1. The number of carbonyl (C=O) groups is 1. The molecule has 0 aromatic heterocycles. The van der Waals surface area contributed by atoms with Gasteiger partial charge in [0.15, 0.2) is 11.5 Å². The van der Waals surface area contributed by atoms with E-state index in [1.807, 2.05) is 62.6 Å². The van der Waals surface area contributed by atoms with Crippen molar-refractivity contribution in [1.82, 2.24) is 10.2 Å². The second kappa shape index (κ2) is 9.63. The van der Waals surface area contributed by atoms with E-state index in [-0.39, 0.29) is 11.9 Å². The average molecular weight is 354 g/mol. The molecule has 1 N–H and O–H groups in total. The summed E-state index contributed by atoms with van der Waals surface area (Å²) in [5.41, 5.74) is 1.94. The average Bonchev–Trinajstić information content (AvgIpc) is 2.66. The van der Waals surface area contributed by atoms with Crippen molar-refractivity contribution in [2.45, 2.75) is 6.04 Å². The van der Waals surface area contributed by atoms with Crippen LogP contribution >= 0.6 is 0 Å². The second-order valence-electron chi connectivity index (χ2n) is 6.18. The van der Waals surface area contributed by atoms with Gasteiger partial charge in [-0.15, -0.1) is 0 Å². The summed E-state index contributed by atoms with van der Waals surface area (Å²) in [7, 11) is 7.15. The first-order chi connectivity index (χ1) is 12.5. The van der Waals surface area contributed by atoms with Crippen molar-refractivity contribution in [2.24, 2.45) is 0 Å². The number of benzene rings is 2. The molecule has 1 amide bonds. The first kappa shape index (κ1) is 19.5. The van der Waals surface area contributed by atoms with Crippen molar-refractivity contribution < 1.29 is 14.3 Å². The van der Waals surface area contributed by atoms with E-state index >= 15 is 0 Å². The van der Waals surface area contributed by atoms with Crippen molar-refractivity contribution in [1.29, 1.82) is 0 Å². The molecule has 26 heavy (non-hydrogen) atoms. The van der Waals surface area contributed by atoms with Crippen LogP contribution in [0.5, 0.6) is 11.5 Å². The van der Waals surface area contributed by atoms with Crippen LogP contribution in [0.2, 0.25) is 0 Å². The Morgan fingerprint density at radius 2 is 1.77 bits per heavy atom. The van der Waals surface area contributed by atoms with Gasteiger partial charge in [0, 0.05) is 12.6 Å². The highest BCUT2D eigenvalue weighted by Gasteiger charge is 2.14. The molecular formula is C21H26N2O3. The van der Waals surface area contributed by atoms with Crippen LogP contribution < -0.4 is 14.8 Å². The minimum absolute atomic E-state index is 0.0752. The third-order valence-electron chi connectivity index (χ3n) is 3.90. The molecular weight excluding hydrogens is 328 g/mol. The van der Waals surface area contributed by atoms with Gasteiger partial charge in [0.05, 0.1) is 20.3 Å². The van der Waals surface area contributed by atoms with Gasteiger partial charge < -0.3 is 19.7 Å². The number of rotatable bonds is 8. The molecule has 0 bridgehead atoms. The molecule has 5 nitrogen and oxygen atoms in total. The number of hydrogen-bond donors (Lipinski definition) is 1. The van der Waals surface area contributed by atoms with Crippen LogP contribution in [0, 0.1) is 0 Å². The molecule has 138 valence electrons. The standard InChI is InChI=1S/C21H26N2O3/c1-23(2)15-18(17-8-6-5-7-9-17)22-21(24)13-11-16-10-12-19(25-3)20(14-16)26-4/h5-14,18H,15H2,1-4H3,(H,22,24)/b13-11+/t18-/m0/s1. The quantitative estimate of drug-likeness (QED) is 0.740. The number of carbonyl (C=O) groups excluding carboxylic acids is 1. The van der Waals surface area contributed by atoms with E-state index in [0.29, 0.717) is 11.5 Å². The summed E-state index contributed by atoms with van der Waals surface area (Å²) in [5.74, 6) is 1.14. The molecule has 0 saturated carbocycles. The summed E-state index contributed by atoms with van der Waals surface area (Å²) < 4.78 is 10.5. The third kappa shape index (κ3) is 5.63. The van der Waals surface area contributed by atoms with Crippen LogP contribution in [-0.4, -0.2) is 45.7 Å². The number of hydrogen-bond acceptors (Lipinski definition) is 4. The molecule has 0 heterocycles. The van der Waals surface area contributed by atoms with Crippen LogP contribution in [0.15, 0.2) is 54.6 Å². The number of methoxy groups -OCH3 is 2. The highest BCUT2D eigenvalue weighted by molar-refractivity contribution is 5.92. The maximum atomic E-state index is 12.4. The normalized spacial score (nSPS) is 12.2. The Hall–Kier alpha value is -2.79. The molecule has 0 fully saturated rings. The Bertz CT molecular complexity index is 742. The van der Waals surface area contributed by atoms with Crippen molar-refractivity contribution >= 4 is 12.0 Å². The zero-order valence-corrected chi connectivity index (χ0v) is 15.7. The van der Waals surface area contributed by atoms with Gasteiger partial charge in [0.1, 0.15) is 0 Å². The van der Waals surface area contributed by atoms with Crippen LogP contribution in [0.25, 0.3) is 6.08 Å². The van der Waals surface area contributed by atoms with Gasteiger partial charge >= 0.3 is 0 Å². The first-order valence-corrected chi connectivity index (χ1v) is 8.43. The maximum absolute atomic E-state index is 12.4. The van der Waals surface area contributed by atoms with Gasteiger partial charge in [0.25, 0.3) is 0 Å². The summed E-state index contributed by atoms with van der Waals surface area (Å²) in [6.07, 6.45) is 3.29. The molecule has 0 aliphatic heterocycles. The fourth-order valence-corrected chi connectivity index (χ4v) is 2.63. The van der Waals surface area contributed by atoms with E-state index in [9.17, 15) is 4.79 Å². The molecule has 2 rings (SSSR count). The van der Waals surface area contributed by atoms with E-state index in [2.05, 4.69) is 10.2 Å². The maximum Gasteiger partial charge on any atom is 0.244 e. The third-order valence-corrected chi connectivity index (χ3v) is 3.90. The van der Waals surface area contributed by atoms with Gasteiger partial charge in [0.2, 0.25) is 5.91 Å². The van der Waals surface area contributed by atoms with Crippen molar-refractivity contribution in [2.75, 3.05) is 34.9 Å². The van der Waals surface area contributed by atoms with Crippen molar-refractivity contribution in [3.63, 3.8) is 0 Å². The van der Waals surface area contributed by atoms with E-state index in [4.69, 9.17) is 9.47 Å². The highest BCUT2D eigenvalue weighted by atomic mass is 16.5. The lowest BCUT2D eigenvalue weighted by Crippen LogP contribution is -2.34. The monoisotopic (exact) mass is 354 g/mol. The van der Waals surface area contributed by atoms with Crippen LogP contribution in [0.3, 0.4) is 0 Å². The van der Waals surface area contributed by atoms with E-state index < -0.39 is 0 Å². The fourth-order valence-electron chi connectivity index (χ4n) is 2.63. The van der Waals surface area contributed by atoms with Gasteiger partial charge in [-0.2, -0.15) is 0 Å². The number of ether oxygens (including phenoxy) is 2. The molecule has 1 atom stereocenters. The zero-order valence-electron chi connectivity index (χ0n) is 15.7. The summed E-state index contributed by atoms with van der Waals surface area (Å²) in [4.78, 5) is 14.4. The molecule has 0 radical (unpaired) electrons. The van der Waals surface area contributed by atoms with Crippen molar-refractivity contribution in [3.8, 4) is 11.5 Å². The van der Waals surface area contributed by atoms with Gasteiger partial charge in [-0.05, 0) is 43.4 Å². The molecule has 0 spiro atoms. The molecule has 2 aromatic carbocycles. The predicted octanol–water partition coefficient (Wildman–Crippen LogP) is 3.14. The zero-order chi connectivity index (χ0) is 18.9. The summed E-state index contributed by atoms with van der Waals surface area (Å²) in [6.45, 7) is 0.722. The molecule has 0 aliphatic rings. The van der Waals surface area contributed by atoms with Gasteiger partial charge in [-0.3, -0.25) is 4.79 Å². The Morgan fingerprint density at radius 3 is 2.38 bits per heavy atom. The molecule has 0 aliphatic carbocycles. The smallest absolute Gasteiger partial charge is 0.244 e. The van der Waals surface area contributed by atoms with E-state index in [1.165, 1.54) is 6.08 Å². The molecule has 5 heteroatoms. The fraction of sp³-hybridized carbons (Fsp3) is 0.286. The van der Waals surface area contributed by atoms with Crippen LogP contribution in [-0.2, 0) is 4.79 Å². The van der Waals surface area contributed by atoms with Crippen LogP contribution in [0.1, 0.15) is 17.2 Å². The number of nitrogens with zero attached hydrogens (tertiary/aromatic N) is 1. The molecule has 0 unspecified atom stereocenters. The minimum atomic E-state index is -0.143. The molecule has 2 aromatic rings. The predicted molar refractivity (Wildman–Crippen MR) is 104 cm³/mol. The number of likely N-dealkylation sites (N-methyl/N-ethyl adjacent to an activating group) is 1. The number of nitrogens with one attached hydrogen (secondary N) is 1. The lowest BCUT2D eigenvalue weighted by atomic mass is 10.1. The minimum Gasteiger partial charge on any atom is -0.493 e. The lowest BCUT2D eigenvalue weighted by Gasteiger charge is -2.22.